The van der Waals surface area contributed by atoms with Gasteiger partial charge in [-0.15, -0.1) is 0 Å². The maximum Gasteiger partial charge on any atom is 0.187 e. The van der Waals surface area contributed by atoms with E-state index in [9.17, 15) is 9.59 Å². The van der Waals surface area contributed by atoms with Gasteiger partial charge in [0.25, 0.3) is 0 Å². The number of ketones is 2. The number of nitrogens with one attached hydrogen (secondary N) is 2. The van der Waals surface area contributed by atoms with E-state index < -0.39 is 0 Å². The van der Waals surface area contributed by atoms with E-state index in [-0.39, 0.29) is 34.1 Å². The zero-order chi connectivity index (χ0) is 18.4. The van der Waals surface area contributed by atoms with Gasteiger partial charge in [-0.1, -0.05) is 38.2 Å². The van der Waals surface area contributed by atoms with E-state index in [0.717, 1.165) is 11.4 Å². The normalized spacial score (nSPS) is 20.0. The molecule has 1 radical (unpaired) electrons. The van der Waals surface area contributed by atoms with Crippen molar-refractivity contribution in [2.75, 3.05) is 13.1 Å². The summed E-state index contributed by atoms with van der Waals surface area (Å²) in [5.74, 6) is 0.0549. The molecule has 0 saturated carbocycles. The molecule has 0 aromatic carbocycles. The first kappa shape index (κ1) is 21.9. The Morgan fingerprint density at radius 1 is 0.769 bits per heavy atom. The number of rotatable bonds is 6. The van der Waals surface area contributed by atoms with E-state index in [2.05, 4.69) is 24.5 Å². The van der Waals surface area contributed by atoms with Crippen LogP contribution < -0.4 is 10.6 Å². The van der Waals surface area contributed by atoms with E-state index in [1.54, 1.807) is 24.3 Å². The largest absolute Gasteiger partial charge is 0.387 e. The van der Waals surface area contributed by atoms with Crippen molar-refractivity contribution in [1.29, 1.82) is 0 Å². The van der Waals surface area contributed by atoms with Crippen LogP contribution >= 0.6 is 0 Å². The van der Waals surface area contributed by atoms with Gasteiger partial charge in [-0.05, 0) is 43.6 Å². The third-order valence-electron chi connectivity index (χ3n) is 4.25. The number of carbonyl (C=O) groups excluding carboxylic acids is 2. The Hall–Kier alpha value is -2.10. The second kappa shape index (κ2) is 9.56. The molecule has 0 heterocycles. The van der Waals surface area contributed by atoms with Gasteiger partial charge in [0.15, 0.2) is 11.6 Å². The van der Waals surface area contributed by atoms with Crippen LogP contribution in [0.3, 0.4) is 0 Å². The molecule has 2 aliphatic rings. The van der Waals surface area contributed by atoms with Crippen molar-refractivity contribution in [3.8, 4) is 0 Å². The number of allylic oxidation sites excluding steroid dienone is 12. The SMILES string of the molecule is C/C(NCC(C)(C)CN/C(C)=C1/C=CC=CC1=O)=C1\C=CC=CC1=O.[67Cu]. The van der Waals surface area contributed by atoms with Crippen LogP contribution in [-0.2, 0) is 26.7 Å². The van der Waals surface area contributed by atoms with Crippen molar-refractivity contribution in [1.82, 2.24) is 10.6 Å². The molecule has 2 N–H and O–H groups in total. The van der Waals surface area contributed by atoms with Crippen LogP contribution in [0.4, 0.5) is 0 Å². The first-order valence-corrected chi connectivity index (χ1v) is 8.48. The van der Waals surface area contributed by atoms with Gasteiger partial charge in [-0.3, -0.25) is 9.59 Å². The molecule has 0 fully saturated rings. The monoisotopic (exact) mass is 405 g/mol. The summed E-state index contributed by atoms with van der Waals surface area (Å²) in [6, 6.07) is 0. The smallest absolute Gasteiger partial charge is 0.187 e. The Bertz CT molecular complexity index is 688. The van der Waals surface area contributed by atoms with E-state index in [1.807, 2.05) is 38.2 Å². The molecular weight excluding hydrogens is 379 g/mol. The van der Waals surface area contributed by atoms with E-state index >= 15 is 0 Å². The predicted octanol–water partition coefficient (Wildman–Crippen LogP) is 3.13. The third-order valence-corrected chi connectivity index (χ3v) is 4.25. The second-order valence-corrected chi connectivity index (χ2v) is 7.11. The molecule has 0 aromatic heterocycles. The summed E-state index contributed by atoms with van der Waals surface area (Å²) < 4.78 is 0. The van der Waals surface area contributed by atoms with Crippen molar-refractivity contribution in [2.24, 2.45) is 5.41 Å². The van der Waals surface area contributed by atoms with Crippen LogP contribution in [-0.4, -0.2) is 24.7 Å². The third kappa shape index (κ3) is 6.01. The maximum atomic E-state index is 11.9. The number of hydrogen-bond acceptors (Lipinski definition) is 4. The molecule has 0 amide bonds. The first-order valence-electron chi connectivity index (χ1n) is 8.48. The van der Waals surface area contributed by atoms with Crippen molar-refractivity contribution >= 4 is 11.6 Å². The summed E-state index contributed by atoms with van der Waals surface area (Å²) in [5.41, 5.74) is 3.11. The minimum Gasteiger partial charge on any atom is -0.387 e. The Morgan fingerprint density at radius 3 is 1.46 bits per heavy atom. The summed E-state index contributed by atoms with van der Waals surface area (Å²) >= 11 is 0. The van der Waals surface area contributed by atoms with Crippen LogP contribution in [0.15, 0.2) is 71.1 Å². The molecule has 0 aliphatic heterocycles. The van der Waals surface area contributed by atoms with Crippen LogP contribution in [0.25, 0.3) is 0 Å². The summed E-state index contributed by atoms with van der Waals surface area (Å²) in [5, 5.41) is 6.72. The summed E-state index contributed by atoms with van der Waals surface area (Å²) in [6.45, 7) is 9.55. The average Bonchev–Trinajstić information content (AvgIpc) is 2.59. The molecule has 0 bridgehead atoms. The van der Waals surface area contributed by atoms with Gasteiger partial charge >= 0.3 is 0 Å². The molecular formula is C21H26CuN2O2. The fourth-order valence-electron chi connectivity index (χ4n) is 2.55. The zero-order valence-corrected chi connectivity index (χ0v) is 16.6. The molecule has 2 rings (SSSR count). The second-order valence-electron chi connectivity index (χ2n) is 7.11. The molecule has 143 valence electrons. The fraction of sp³-hybridized carbons (Fsp3) is 0.333. The van der Waals surface area contributed by atoms with E-state index in [1.165, 1.54) is 0 Å². The minimum atomic E-state index is -0.0574. The van der Waals surface area contributed by atoms with Gasteiger partial charge in [0.05, 0.1) is 0 Å². The van der Waals surface area contributed by atoms with Crippen molar-refractivity contribution in [3.05, 3.63) is 71.1 Å². The average molecular weight is 405 g/mol. The van der Waals surface area contributed by atoms with Crippen LogP contribution in [0, 0.1) is 5.41 Å². The van der Waals surface area contributed by atoms with Crippen molar-refractivity contribution in [3.63, 3.8) is 0 Å². The molecule has 5 heteroatoms. The zero-order valence-electron chi connectivity index (χ0n) is 15.7. The maximum absolute atomic E-state index is 11.9. The molecule has 4 nitrogen and oxygen atoms in total. The topological polar surface area (TPSA) is 58.2 Å². The summed E-state index contributed by atoms with van der Waals surface area (Å²) in [4.78, 5) is 23.8. The van der Waals surface area contributed by atoms with Gasteiger partial charge in [0.2, 0.25) is 0 Å². The Balaban J connectivity index is 0.00000338. The fourth-order valence-corrected chi connectivity index (χ4v) is 2.55. The Kier molecular flexibility index (Phi) is 8.06. The number of carbonyl (C=O) groups is 2. The van der Waals surface area contributed by atoms with Crippen LogP contribution in [0.5, 0.6) is 0 Å². The van der Waals surface area contributed by atoms with E-state index in [4.69, 9.17) is 0 Å². The standard InChI is InChI=1S/C21H26N2O2.Cu/c1-15(17-9-5-7-11-19(17)24)22-13-21(3,4)14-23-16(2)18-10-6-8-12-20(18)25;/h5-12,22-23H,13-14H2,1-4H3;/b17-15-,18-16-;/i;1+3. The first-order chi connectivity index (χ1) is 11.8. The summed E-state index contributed by atoms with van der Waals surface area (Å²) in [6.07, 6.45) is 14.1. The molecule has 2 aliphatic carbocycles. The molecule has 0 aromatic rings. The van der Waals surface area contributed by atoms with E-state index in [0.29, 0.717) is 24.2 Å². The minimum absolute atomic E-state index is 0. The molecule has 0 unspecified atom stereocenters. The molecule has 0 saturated heterocycles. The molecule has 0 atom stereocenters. The quantitative estimate of drug-likeness (QED) is 0.527. The number of hydrogen-bond donors (Lipinski definition) is 2. The Labute approximate surface area is 166 Å². The Morgan fingerprint density at radius 2 is 1.12 bits per heavy atom. The van der Waals surface area contributed by atoms with Crippen LogP contribution in [0.2, 0.25) is 0 Å². The van der Waals surface area contributed by atoms with Gasteiger partial charge < -0.3 is 10.6 Å². The van der Waals surface area contributed by atoms with Gasteiger partial charge in [-0.2, -0.15) is 0 Å². The van der Waals surface area contributed by atoms with Crippen LogP contribution in [0.1, 0.15) is 27.7 Å². The van der Waals surface area contributed by atoms with Crippen molar-refractivity contribution < 1.29 is 26.7 Å². The predicted molar refractivity (Wildman–Crippen MR) is 102 cm³/mol. The van der Waals surface area contributed by atoms with Gasteiger partial charge in [0, 0.05) is 52.7 Å². The molecule has 26 heavy (non-hydrogen) atoms. The molecule has 0 spiro atoms. The summed E-state index contributed by atoms with van der Waals surface area (Å²) in [7, 11) is 0. The van der Waals surface area contributed by atoms with Gasteiger partial charge in [0.1, 0.15) is 0 Å². The van der Waals surface area contributed by atoms with Gasteiger partial charge in [-0.25, -0.2) is 0 Å². The van der Waals surface area contributed by atoms with Crippen molar-refractivity contribution in [2.45, 2.75) is 27.7 Å².